The fourth-order valence-corrected chi connectivity index (χ4v) is 3.92. The quantitative estimate of drug-likeness (QED) is 0.758. The summed E-state index contributed by atoms with van der Waals surface area (Å²) in [4.78, 5) is 0. The van der Waals surface area contributed by atoms with E-state index in [0.717, 1.165) is 5.92 Å². The number of hydrogen-bond donors (Lipinski definition) is 2. The van der Waals surface area contributed by atoms with Crippen LogP contribution in [0.15, 0.2) is 0 Å². The first-order valence-corrected chi connectivity index (χ1v) is 6.70. The topological polar surface area (TPSA) is 46.2 Å². The van der Waals surface area contributed by atoms with Crippen molar-refractivity contribution in [3.05, 3.63) is 0 Å². The lowest BCUT2D eigenvalue weighted by Crippen LogP contribution is -2.33. The standard InChI is InChI=1S/C14H27NO/c1-12(2,3)11-4-6-13(7-5-11)8-14(13,9-15)10-16/h11,16H,4-10,15H2,1-3H3. The van der Waals surface area contributed by atoms with E-state index in [2.05, 4.69) is 20.8 Å². The zero-order chi connectivity index (χ0) is 12.0. The minimum Gasteiger partial charge on any atom is -0.396 e. The molecule has 3 N–H and O–H groups in total. The van der Waals surface area contributed by atoms with Gasteiger partial charge in [-0.05, 0) is 48.9 Å². The van der Waals surface area contributed by atoms with Crippen LogP contribution in [0.2, 0.25) is 0 Å². The van der Waals surface area contributed by atoms with Crippen molar-refractivity contribution in [2.24, 2.45) is 27.9 Å². The van der Waals surface area contributed by atoms with E-state index in [4.69, 9.17) is 5.73 Å². The molecule has 94 valence electrons. The maximum atomic E-state index is 9.52. The highest BCUT2D eigenvalue weighted by molar-refractivity contribution is 5.16. The molecule has 1 atom stereocenters. The molecular formula is C14H27NO. The Balaban J connectivity index is 1.97. The summed E-state index contributed by atoms with van der Waals surface area (Å²) in [7, 11) is 0. The summed E-state index contributed by atoms with van der Waals surface area (Å²) in [6.07, 6.45) is 6.39. The molecular weight excluding hydrogens is 198 g/mol. The van der Waals surface area contributed by atoms with Crippen LogP contribution in [-0.4, -0.2) is 18.3 Å². The summed E-state index contributed by atoms with van der Waals surface area (Å²) in [5.41, 5.74) is 6.80. The van der Waals surface area contributed by atoms with Crippen molar-refractivity contribution < 1.29 is 5.11 Å². The van der Waals surface area contributed by atoms with Gasteiger partial charge in [0.1, 0.15) is 0 Å². The maximum absolute atomic E-state index is 9.52. The lowest BCUT2D eigenvalue weighted by atomic mass is 9.67. The molecule has 0 aromatic rings. The van der Waals surface area contributed by atoms with Crippen molar-refractivity contribution in [2.45, 2.75) is 52.9 Å². The highest BCUT2D eigenvalue weighted by Crippen LogP contribution is 2.70. The van der Waals surface area contributed by atoms with E-state index >= 15 is 0 Å². The molecule has 0 amide bonds. The first-order valence-electron chi connectivity index (χ1n) is 6.70. The van der Waals surface area contributed by atoms with Crippen LogP contribution in [0.3, 0.4) is 0 Å². The summed E-state index contributed by atoms with van der Waals surface area (Å²) < 4.78 is 0. The van der Waals surface area contributed by atoms with E-state index in [1.54, 1.807) is 0 Å². The van der Waals surface area contributed by atoms with Crippen LogP contribution >= 0.6 is 0 Å². The average molecular weight is 225 g/mol. The molecule has 0 aromatic carbocycles. The molecule has 0 aliphatic heterocycles. The van der Waals surface area contributed by atoms with Crippen molar-refractivity contribution in [3.63, 3.8) is 0 Å². The maximum Gasteiger partial charge on any atom is 0.0505 e. The average Bonchev–Trinajstić information content (AvgIpc) is 2.86. The van der Waals surface area contributed by atoms with Crippen molar-refractivity contribution in [1.29, 1.82) is 0 Å². The molecule has 1 spiro atoms. The van der Waals surface area contributed by atoms with Gasteiger partial charge in [0.15, 0.2) is 0 Å². The Kier molecular flexibility index (Phi) is 2.87. The summed E-state index contributed by atoms with van der Waals surface area (Å²) >= 11 is 0. The summed E-state index contributed by atoms with van der Waals surface area (Å²) in [5.74, 6) is 0.855. The SMILES string of the molecule is CC(C)(C)C1CCC2(CC1)CC2(CN)CO. The molecule has 2 fully saturated rings. The number of nitrogens with two attached hydrogens (primary N) is 1. The van der Waals surface area contributed by atoms with E-state index in [0.29, 0.717) is 24.0 Å². The van der Waals surface area contributed by atoms with E-state index in [1.165, 1.54) is 32.1 Å². The Morgan fingerprint density at radius 1 is 1.25 bits per heavy atom. The number of hydrogen-bond acceptors (Lipinski definition) is 2. The largest absolute Gasteiger partial charge is 0.396 e. The van der Waals surface area contributed by atoms with Gasteiger partial charge >= 0.3 is 0 Å². The number of rotatable bonds is 2. The van der Waals surface area contributed by atoms with E-state index < -0.39 is 0 Å². The molecule has 2 aliphatic rings. The highest BCUT2D eigenvalue weighted by atomic mass is 16.3. The Morgan fingerprint density at radius 2 is 1.81 bits per heavy atom. The Bertz CT molecular complexity index is 254. The number of aliphatic hydroxyl groups excluding tert-OH is 1. The zero-order valence-corrected chi connectivity index (χ0v) is 11.1. The molecule has 0 bridgehead atoms. The molecule has 2 heteroatoms. The second-order valence-corrected chi connectivity index (χ2v) is 7.24. The van der Waals surface area contributed by atoms with Crippen molar-refractivity contribution in [1.82, 2.24) is 0 Å². The van der Waals surface area contributed by atoms with Crippen LogP contribution in [0, 0.1) is 22.2 Å². The van der Waals surface area contributed by atoms with Crippen molar-refractivity contribution >= 4 is 0 Å². The van der Waals surface area contributed by atoms with Gasteiger partial charge in [0.2, 0.25) is 0 Å². The smallest absolute Gasteiger partial charge is 0.0505 e. The van der Waals surface area contributed by atoms with Gasteiger partial charge in [-0.1, -0.05) is 20.8 Å². The second kappa shape index (κ2) is 3.71. The van der Waals surface area contributed by atoms with Gasteiger partial charge in [0.25, 0.3) is 0 Å². The van der Waals surface area contributed by atoms with E-state index in [1.807, 2.05) is 0 Å². The first kappa shape index (κ1) is 12.4. The normalized spacial score (nSPS) is 43.7. The lowest BCUT2D eigenvalue weighted by molar-refractivity contribution is 0.0975. The van der Waals surface area contributed by atoms with E-state index in [-0.39, 0.29) is 5.41 Å². The minimum atomic E-state index is 0.0931. The zero-order valence-electron chi connectivity index (χ0n) is 11.1. The van der Waals surface area contributed by atoms with Gasteiger partial charge in [-0.3, -0.25) is 0 Å². The fraction of sp³-hybridized carbons (Fsp3) is 1.00. The van der Waals surface area contributed by atoms with Gasteiger partial charge in [-0.25, -0.2) is 0 Å². The van der Waals surface area contributed by atoms with Crippen LogP contribution in [0.1, 0.15) is 52.9 Å². The molecule has 2 saturated carbocycles. The van der Waals surface area contributed by atoms with Crippen molar-refractivity contribution in [2.75, 3.05) is 13.2 Å². The van der Waals surface area contributed by atoms with Gasteiger partial charge in [-0.15, -0.1) is 0 Å². The molecule has 1 unspecified atom stereocenters. The van der Waals surface area contributed by atoms with Crippen LogP contribution in [0.4, 0.5) is 0 Å². The molecule has 0 saturated heterocycles. The van der Waals surface area contributed by atoms with Crippen LogP contribution in [0.5, 0.6) is 0 Å². The summed E-state index contributed by atoms with van der Waals surface area (Å²) in [6, 6.07) is 0. The van der Waals surface area contributed by atoms with E-state index in [9.17, 15) is 5.11 Å². The van der Waals surface area contributed by atoms with Crippen LogP contribution in [0.25, 0.3) is 0 Å². The molecule has 0 aromatic heterocycles. The predicted octanol–water partition coefficient (Wildman–Crippen LogP) is 2.55. The third kappa shape index (κ3) is 1.70. The van der Waals surface area contributed by atoms with Gasteiger partial charge < -0.3 is 10.8 Å². The molecule has 0 radical (unpaired) electrons. The Hall–Kier alpha value is -0.0800. The van der Waals surface area contributed by atoms with Crippen LogP contribution < -0.4 is 5.73 Å². The van der Waals surface area contributed by atoms with Crippen molar-refractivity contribution in [3.8, 4) is 0 Å². The van der Waals surface area contributed by atoms with Gasteiger partial charge in [0.05, 0.1) is 6.61 Å². The third-order valence-electron chi connectivity index (χ3n) is 5.54. The fourth-order valence-electron chi connectivity index (χ4n) is 3.92. The highest BCUT2D eigenvalue weighted by Gasteiger charge is 2.66. The first-order chi connectivity index (χ1) is 7.39. The summed E-state index contributed by atoms with van der Waals surface area (Å²) in [6.45, 7) is 8.02. The molecule has 2 rings (SSSR count). The van der Waals surface area contributed by atoms with Crippen LogP contribution in [-0.2, 0) is 0 Å². The second-order valence-electron chi connectivity index (χ2n) is 7.24. The molecule has 16 heavy (non-hydrogen) atoms. The molecule has 0 heterocycles. The monoisotopic (exact) mass is 225 g/mol. The Morgan fingerprint density at radius 3 is 2.12 bits per heavy atom. The third-order valence-corrected chi connectivity index (χ3v) is 5.54. The van der Waals surface area contributed by atoms with Gasteiger partial charge in [0, 0.05) is 12.0 Å². The predicted molar refractivity (Wildman–Crippen MR) is 67.0 cm³/mol. The molecule has 2 nitrogen and oxygen atoms in total. The van der Waals surface area contributed by atoms with Gasteiger partial charge in [-0.2, -0.15) is 0 Å². The Labute approximate surface area is 99.6 Å². The number of aliphatic hydroxyl groups is 1. The summed E-state index contributed by atoms with van der Waals surface area (Å²) in [5, 5.41) is 9.52. The minimum absolute atomic E-state index is 0.0931. The molecule has 2 aliphatic carbocycles. The lowest BCUT2D eigenvalue weighted by Gasteiger charge is -2.39.